The molecule has 58 heavy (non-hydrogen) atoms. The van der Waals surface area contributed by atoms with Crippen molar-refractivity contribution in [3.05, 3.63) is 29.8 Å². The molecule has 3 heterocycles. The van der Waals surface area contributed by atoms with E-state index in [0.29, 0.717) is 0 Å². The minimum Gasteiger partial charge on any atom is -0.459 e. The number of aryl methyl sites for hydroxylation is 1. The Morgan fingerprint density at radius 1 is 0.845 bits per heavy atom. The van der Waals surface area contributed by atoms with Crippen LogP contribution in [0.25, 0.3) is 0 Å². The van der Waals surface area contributed by atoms with Crippen LogP contribution in [-0.4, -0.2) is 114 Å². The van der Waals surface area contributed by atoms with Gasteiger partial charge in [-0.15, -0.1) is 0 Å². The van der Waals surface area contributed by atoms with Crippen molar-refractivity contribution in [1.82, 2.24) is 4.72 Å². The van der Waals surface area contributed by atoms with Crippen LogP contribution < -0.4 is 4.72 Å². The number of esters is 4. The van der Waals surface area contributed by atoms with Crippen LogP contribution in [0.15, 0.2) is 29.2 Å². The number of sulfonamides is 1. The molecule has 5 saturated carbocycles. The number of benzene rings is 1. The first-order valence-electron chi connectivity index (χ1n) is 20.2. The Bertz CT molecular complexity index is 2090. The summed E-state index contributed by atoms with van der Waals surface area (Å²) < 4.78 is 68.4. The lowest BCUT2D eigenvalue weighted by molar-refractivity contribution is -0.285. The largest absolute Gasteiger partial charge is 0.459 e. The van der Waals surface area contributed by atoms with Crippen molar-refractivity contribution in [2.45, 2.75) is 140 Å². The van der Waals surface area contributed by atoms with Crippen molar-refractivity contribution < 1.29 is 71.3 Å². The molecule has 1 aromatic carbocycles. The predicted molar refractivity (Wildman–Crippen MR) is 196 cm³/mol. The number of fused-ring (bicyclic) bond motifs is 9. The van der Waals surface area contributed by atoms with Crippen molar-refractivity contribution in [2.75, 3.05) is 0 Å². The van der Waals surface area contributed by atoms with Crippen LogP contribution in [0.4, 0.5) is 0 Å². The molecule has 318 valence electrons. The smallest absolute Gasteiger partial charge is 0.341 e. The molecule has 17 heteroatoms. The van der Waals surface area contributed by atoms with Gasteiger partial charge in [0, 0.05) is 49.4 Å². The number of carbonyl (C=O) groups excluding carboxylic acids is 4. The van der Waals surface area contributed by atoms with Crippen LogP contribution in [0.2, 0.25) is 0 Å². The Morgan fingerprint density at radius 3 is 2.05 bits per heavy atom. The quantitative estimate of drug-likeness (QED) is 0.179. The second-order valence-corrected chi connectivity index (χ2v) is 20.9. The Morgan fingerprint density at radius 2 is 1.45 bits per heavy atom. The minimum absolute atomic E-state index is 0.0467. The molecule has 9 rings (SSSR count). The second kappa shape index (κ2) is 12.2. The third-order valence-electron chi connectivity index (χ3n) is 16.6. The third-order valence-corrected chi connectivity index (χ3v) is 18.1. The van der Waals surface area contributed by atoms with E-state index in [9.17, 15) is 42.9 Å². The molecule has 0 amide bonds. The number of hydrogen-bond acceptors (Lipinski definition) is 15. The van der Waals surface area contributed by atoms with E-state index in [2.05, 4.69) is 4.72 Å². The summed E-state index contributed by atoms with van der Waals surface area (Å²) in [6, 6.07) is 4.97. The van der Waals surface area contributed by atoms with E-state index >= 15 is 0 Å². The van der Waals surface area contributed by atoms with E-state index in [4.69, 9.17) is 28.4 Å². The van der Waals surface area contributed by atoms with Gasteiger partial charge in [-0.1, -0.05) is 38.5 Å². The van der Waals surface area contributed by atoms with Crippen LogP contribution in [0.1, 0.15) is 67.4 Å². The molecule has 21 atom stereocenters. The molecule has 8 aliphatic rings. The lowest BCUT2D eigenvalue weighted by Gasteiger charge is -2.67. The molecule has 0 bridgehead atoms. The number of aliphatic hydroxyl groups is 3. The van der Waals surface area contributed by atoms with Gasteiger partial charge in [0.1, 0.15) is 30.5 Å². The summed E-state index contributed by atoms with van der Waals surface area (Å²) in [7, 11) is -4.33. The van der Waals surface area contributed by atoms with E-state index in [1.165, 1.54) is 39.8 Å². The Labute approximate surface area is 336 Å². The average Bonchev–Trinajstić information content (AvgIpc) is 4.03. The van der Waals surface area contributed by atoms with Crippen LogP contribution in [0.3, 0.4) is 0 Å². The first kappa shape index (κ1) is 40.2. The normalized spacial score (nSPS) is 52.9. The van der Waals surface area contributed by atoms with E-state index in [1.807, 2.05) is 13.8 Å². The zero-order valence-corrected chi connectivity index (χ0v) is 34.7. The van der Waals surface area contributed by atoms with Crippen LogP contribution in [0.5, 0.6) is 0 Å². The first-order chi connectivity index (χ1) is 26.9. The highest BCUT2D eigenvalue weighted by Gasteiger charge is 2.93. The highest BCUT2D eigenvalue weighted by Crippen LogP contribution is 2.81. The number of aliphatic hydroxyl groups excluding tert-OH is 2. The number of carbonyl (C=O) groups is 4. The highest BCUT2D eigenvalue weighted by atomic mass is 32.2. The summed E-state index contributed by atoms with van der Waals surface area (Å²) >= 11 is 0. The van der Waals surface area contributed by atoms with Gasteiger partial charge in [0.25, 0.3) is 0 Å². The zero-order chi connectivity index (χ0) is 42.2. The molecule has 5 aliphatic carbocycles. The summed E-state index contributed by atoms with van der Waals surface area (Å²) in [6.07, 6.45) is -8.33. The molecule has 4 N–H and O–H groups in total. The van der Waals surface area contributed by atoms with Gasteiger partial charge in [-0.3, -0.25) is 14.4 Å². The van der Waals surface area contributed by atoms with E-state index < -0.39 is 158 Å². The van der Waals surface area contributed by atoms with E-state index in [1.54, 1.807) is 32.9 Å². The van der Waals surface area contributed by atoms with Gasteiger partial charge >= 0.3 is 23.9 Å². The lowest BCUT2D eigenvalue weighted by Crippen LogP contribution is -2.77. The van der Waals surface area contributed by atoms with Gasteiger partial charge in [0.15, 0.2) is 5.60 Å². The number of hydrogen-bond donors (Lipinski definition) is 4. The zero-order valence-electron chi connectivity index (χ0n) is 33.9. The van der Waals surface area contributed by atoms with Crippen LogP contribution >= 0.6 is 0 Å². The molecular formula is C41H53NO15S. The summed E-state index contributed by atoms with van der Waals surface area (Å²) in [4.78, 5) is 53.1. The Balaban J connectivity index is 1.29. The van der Waals surface area contributed by atoms with Crippen molar-refractivity contribution >= 4 is 33.9 Å². The minimum atomic E-state index is -4.33. The van der Waals surface area contributed by atoms with Gasteiger partial charge in [-0.25, -0.2) is 17.9 Å². The first-order valence-corrected chi connectivity index (χ1v) is 21.7. The number of nitrogens with one attached hydrogen (secondary N) is 1. The van der Waals surface area contributed by atoms with Gasteiger partial charge in [-0.2, -0.15) is 0 Å². The maximum Gasteiger partial charge on any atom is 0.341 e. The van der Waals surface area contributed by atoms with Gasteiger partial charge in [-0.05, 0) is 63.0 Å². The topological polar surface area (TPSA) is 237 Å². The van der Waals surface area contributed by atoms with Crippen molar-refractivity contribution in [3.8, 4) is 0 Å². The fourth-order valence-corrected chi connectivity index (χ4v) is 15.6. The van der Waals surface area contributed by atoms with Crippen LogP contribution in [0, 0.1) is 64.6 Å². The average molecular weight is 832 g/mol. The lowest BCUT2D eigenvalue weighted by atomic mass is 9.40. The Hall–Kier alpha value is -3.19. The van der Waals surface area contributed by atoms with Crippen molar-refractivity contribution in [2.24, 2.45) is 57.7 Å². The SMILES string of the molecule is CC(=O)O[C@H]1[C@H]2[C@@H]([C@@H](O)[C@@H](NS(=O)(=O)c3ccc(C)cc3)[C@H]3C[C@@H]4O[C@@H]4[C@H](OC(C)=O)[C@]23C)[C@@H]2[C@@H](O)[C@@H]3[C@H]([C@H](C)[C@H]4O[C@]45OC(=O)[C@@](C)(O)[C@]35C)[C@@]2(C)[C@H]1OC(C)=O. The number of epoxide rings is 2. The van der Waals surface area contributed by atoms with Crippen molar-refractivity contribution in [3.63, 3.8) is 0 Å². The maximum atomic E-state index is 14.3. The number of ether oxygens (including phenoxy) is 6. The fraction of sp³-hybridized carbons (Fsp3) is 0.756. The Kier molecular flexibility index (Phi) is 8.48. The summed E-state index contributed by atoms with van der Waals surface area (Å²) in [5.74, 6) is -10.9. The van der Waals surface area contributed by atoms with Gasteiger partial charge < -0.3 is 43.7 Å². The van der Waals surface area contributed by atoms with Gasteiger partial charge in [0.2, 0.25) is 15.8 Å². The molecule has 1 spiro atoms. The van der Waals surface area contributed by atoms with Gasteiger partial charge in [0.05, 0.1) is 34.7 Å². The maximum absolute atomic E-state index is 14.3. The molecule has 3 aliphatic heterocycles. The molecule has 0 aromatic heterocycles. The van der Waals surface area contributed by atoms with Crippen molar-refractivity contribution in [1.29, 1.82) is 0 Å². The predicted octanol–water partition coefficient (Wildman–Crippen LogP) is 1.14. The molecule has 1 aromatic rings. The fourth-order valence-electron chi connectivity index (χ4n) is 14.3. The third kappa shape index (κ3) is 4.80. The molecule has 3 saturated heterocycles. The number of rotatable bonds is 6. The molecule has 0 radical (unpaired) electrons. The summed E-state index contributed by atoms with van der Waals surface area (Å²) in [5, 5.41) is 38.4. The molecule has 0 unspecified atom stereocenters. The molecule has 16 nitrogen and oxygen atoms in total. The summed E-state index contributed by atoms with van der Waals surface area (Å²) in [6.45, 7) is 13.9. The van der Waals surface area contributed by atoms with Crippen LogP contribution in [-0.2, 0) is 57.6 Å². The summed E-state index contributed by atoms with van der Waals surface area (Å²) in [5.41, 5.74) is -5.67. The van der Waals surface area contributed by atoms with E-state index in [0.717, 1.165) is 5.56 Å². The second-order valence-electron chi connectivity index (χ2n) is 19.2. The molecular weight excluding hydrogens is 779 g/mol. The monoisotopic (exact) mass is 831 g/mol. The molecule has 8 fully saturated rings. The van der Waals surface area contributed by atoms with E-state index in [-0.39, 0.29) is 11.3 Å². The standard InChI is InChI=1S/C41H53NO15S/c1-15-10-12-20(13-11-15)58(50,51)42-28-21-14-22-31(55-22)34(53-18(4)44)37(21,6)26-23(29(28)46)25-30(47)27-24(38(25,7)35(54-19(5)45)32(26)52-17(3)43)16(2)33-41(56-33)39(27,8)40(9,49)36(48)57-41/h10-13,16,21-35,42,46-47,49H,14H2,1-9H3/t16-,21+,22-,23-,24-,25+,26+,27-,28-,29+,30+,31-,32-,33+,34-,35-,37-,38+,39-,40+,41-/m0/s1. The highest BCUT2D eigenvalue weighted by molar-refractivity contribution is 7.89.